The first kappa shape index (κ1) is 19.8. The summed E-state index contributed by atoms with van der Waals surface area (Å²) in [5.74, 6) is 1.64. The van der Waals surface area contributed by atoms with Gasteiger partial charge in [-0.3, -0.25) is 4.99 Å². The van der Waals surface area contributed by atoms with Crippen molar-refractivity contribution in [2.45, 2.75) is 19.4 Å². The Labute approximate surface area is 156 Å². The van der Waals surface area contributed by atoms with Gasteiger partial charge in [0.1, 0.15) is 12.4 Å². The van der Waals surface area contributed by atoms with E-state index in [1.54, 1.807) is 0 Å². The number of guanidine groups is 1. The Morgan fingerprint density at radius 2 is 1.77 bits per heavy atom. The van der Waals surface area contributed by atoms with Crippen molar-refractivity contribution in [1.82, 2.24) is 10.2 Å². The molecule has 0 aliphatic carbocycles. The number of para-hydroxylation sites is 1. The molecule has 0 radical (unpaired) electrons. The number of likely N-dealkylation sites (N-methyl/N-ethyl adjacent to an activating group) is 1. The fraction of sp³-hybridized carbons (Fsp3) is 0.381. The van der Waals surface area contributed by atoms with E-state index in [2.05, 4.69) is 10.3 Å². The van der Waals surface area contributed by atoms with Gasteiger partial charge in [0.15, 0.2) is 5.96 Å². The summed E-state index contributed by atoms with van der Waals surface area (Å²) < 4.78 is 5.74. The number of nitrogens with zero attached hydrogens (tertiary/aromatic N) is 2. The van der Waals surface area contributed by atoms with Gasteiger partial charge in [-0.15, -0.1) is 0 Å². The molecule has 1 atom stereocenters. The van der Waals surface area contributed by atoms with Crippen LogP contribution < -0.4 is 10.1 Å². The molecule has 140 valence electrons. The second-order valence-corrected chi connectivity index (χ2v) is 6.12. The summed E-state index contributed by atoms with van der Waals surface area (Å²) in [7, 11) is 1.97. The molecule has 26 heavy (non-hydrogen) atoms. The number of rotatable bonds is 9. The molecule has 0 aromatic heterocycles. The lowest BCUT2D eigenvalue weighted by molar-refractivity contribution is 0.183. The molecule has 1 unspecified atom stereocenters. The van der Waals surface area contributed by atoms with Gasteiger partial charge in [-0.25, -0.2) is 0 Å². The molecule has 0 heterocycles. The van der Waals surface area contributed by atoms with Gasteiger partial charge in [-0.1, -0.05) is 48.5 Å². The summed E-state index contributed by atoms with van der Waals surface area (Å²) >= 11 is 0. The molecule has 0 amide bonds. The maximum absolute atomic E-state index is 10.2. The number of nitrogens with one attached hydrogen (secondary N) is 1. The molecular formula is C21H29N3O2. The molecule has 0 saturated carbocycles. The number of ether oxygens (including phenoxy) is 1. The molecule has 2 aromatic rings. The van der Waals surface area contributed by atoms with Gasteiger partial charge < -0.3 is 20.1 Å². The lowest BCUT2D eigenvalue weighted by atomic mass is 10.1. The van der Waals surface area contributed by atoms with Crippen LogP contribution in [0.1, 0.15) is 12.5 Å². The highest BCUT2D eigenvalue weighted by Gasteiger charge is 2.09. The Bertz CT molecular complexity index is 647. The minimum absolute atomic E-state index is 0.362. The summed E-state index contributed by atoms with van der Waals surface area (Å²) in [4.78, 5) is 6.58. The zero-order valence-electron chi connectivity index (χ0n) is 15.6. The average molecular weight is 355 g/mol. The maximum atomic E-state index is 10.2. The van der Waals surface area contributed by atoms with E-state index in [1.165, 1.54) is 0 Å². The highest BCUT2D eigenvalue weighted by molar-refractivity contribution is 5.79. The summed E-state index contributed by atoms with van der Waals surface area (Å²) in [6.07, 6.45) is 0.102. The van der Waals surface area contributed by atoms with E-state index in [0.717, 1.165) is 23.8 Å². The van der Waals surface area contributed by atoms with Gasteiger partial charge in [0.05, 0.1) is 19.2 Å². The molecule has 0 bridgehead atoms. The minimum Gasteiger partial charge on any atom is -0.492 e. The Morgan fingerprint density at radius 3 is 2.42 bits per heavy atom. The van der Waals surface area contributed by atoms with Crippen LogP contribution in [0.3, 0.4) is 0 Å². The fourth-order valence-electron chi connectivity index (χ4n) is 2.54. The van der Waals surface area contributed by atoms with Gasteiger partial charge in [0.25, 0.3) is 0 Å². The van der Waals surface area contributed by atoms with E-state index in [-0.39, 0.29) is 0 Å². The normalized spacial score (nSPS) is 12.5. The van der Waals surface area contributed by atoms with Gasteiger partial charge in [-0.05, 0) is 24.6 Å². The summed E-state index contributed by atoms with van der Waals surface area (Å²) in [6, 6.07) is 19.7. The third kappa shape index (κ3) is 7.15. The van der Waals surface area contributed by atoms with Crippen molar-refractivity contribution in [3.8, 4) is 5.75 Å². The number of hydrogen-bond donors (Lipinski definition) is 2. The van der Waals surface area contributed by atoms with Crippen molar-refractivity contribution in [2.24, 2.45) is 4.99 Å². The minimum atomic E-state index is -0.500. The van der Waals surface area contributed by atoms with Crippen LogP contribution >= 0.6 is 0 Å². The molecule has 2 rings (SSSR count). The van der Waals surface area contributed by atoms with Crippen LogP contribution in [0.15, 0.2) is 65.7 Å². The predicted molar refractivity (Wildman–Crippen MR) is 107 cm³/mol. The maximum Gasteiger partial charge on any atom is 0.193 e. The van der Waals surface area contributed by atoms with E-state index < -0.39 is 6.10 Å². The highest BCUT2D eigenvalue weighted by atomic mass is 16.5. The van der Waals surface area contributed by atoms with Crippen LogP contribution in [-0.4, -0.2) is 55.4 Å². The second kappa shape index (κ2) is 11.2. The Morgan fingerprint density at radius 1 is 1.12 bits per heavy atom. The molecule has 0 aliphatic rings. The van der Waals surface area contributed by atoms with Crippen LogP contribution in [-0.2, 0) is 6.42 Å². The fourth-order valence-corrected chi connectivity index (χ4v) is 2.54. The molecule has 5 nitrogen and oxygen atoms in total. The average Bonchev–Trinajstić information content (AvgIpc) is 2.66. The Balaban J connectivity index is 1.82. The SMILES string of the molecule is CCNC(=NCC(O)Cc1ccccc1)N(C)CCOc1ccccc1. The molecular weight excluding hydrogens is 326 g/mol. The van der Waals surface area contributed by atoms with Crippen LogP contribution in [0, 0.1) is 0 Å². The van der Waals surface area contributed by atoms with Crippen molar-refractivity contribution >= 4 is 5.96 Å². The summed E-state index contributed by atoms with van der Waals surface area (Å²) in [5.41, 5.74) is 1.12. The molecule has 0 saturated heterocycles. The van der Waals surface area contributed by atoms with E-state index in [4.69, 9.17) is 4.74 Å². The van der Waals surface area contributed by atoms with Crippen molar-refractivity contribution in [3.05, 3.63) is 66.2 Å². The van der Waals surface area contributed by atoms with Crippen LogP contribution in [0.25, 0.3) is 0 Å². The van der Waals surface area contributed by atoms with Crippen molar-refractivity contribution in [2.75, 3.05) is 33.3 Å². The number of benzene rings is 2. The van der Waals surface area contributed by atoms with E-state index in [0.29, 0.717) is 26.1 Å². The van der Waals surface area contributed by atoms with E-state index >= 15 is 0 Å². The van der Waals surface area contributed by atoms with Crippen molar-refractivity contribution < 1.29 is 9.84 Å². The summed E-state index contributed by atoms with van der Waals surface area (Å²) in [6.45, 7) is 4.44. The monoisotopic (exact) mass is 355 g/mol. The Kier molecular flexibility index (Phi) is 8.49. The lowest BCUT2D eigenvalue weighted by Gasteiger charge is -2.22. The standard InChI is InChI=1S/C21H29N3O2/c1-3-22-21(23-17-19(25)16-18-10-6-4-7-11-18)24(2)14-15-26-20-12-8-5-9-13-20/h4-13,19,25H,3,14-17H2,1-2H3,(H,22,23). The first-order valence-corrected chi connectivity index (χ1v) is 9.08. The van der Waals surface area contributed by atoms with Crippen LogP contribution in [0.5, 0.6) is 5.75 Å². The van der Waals surface area contributed by atoms with Crippen molar-refractivity contribution in [1.29, 1.82) is 0 Å². The molecule has 5 heteroatoms. The first-order chi connectivity index (χ1) is 12.7. The largest absolute Gasteiger partial charge is 0.492 e. The zero-order valence-corrected chi connectivity index (χ0v) is 15.6. The quantitative estimate of drug-likeness (QED) is 0.536. The van der Waals surface area contributed by atoms with Gasteiger partial charge in [0.2, 0.25) is 0 Å². The van der Waals surface area contributed by atoms with Gasteiger partial charge in [0, 0.05) is 20.0 Å². The predicted octanol–water partition coefficient (Wildman–Crippen LogP) is 2.57. The highest BCUT2D eigenvalue weighted by Crippen LogP contribution is 2.08. The lowest BCUT2D eigenvalue weighted by Crippen LogP contribution is -2.41. The van der Waals surface area contributed by atoms with E-state index in [9.17, 15) is 5.11 Å². The van der Waals surface area contributed by atoms with E-state index in [1.807, 2.05) is 79.5 Å². The number of aliphatic hydroxyl groups excluding tert-OH is 1. The molecule has 0 spiro atoms. The van der Waals surface area contributed by atoms with Crippen LogP contribution in [0.2, 0.25) is 0 Å². The van der Waals surface area contributed by atoms with Gasteiger partial charge in [-0.2, -0.15) is 0 Å². The number of aliphatic imine (C=N–C) groups is 1. The third-order valence-electron chi connectivity index (χ3n) is 3.90. The van der Waals surface area contributed by atoms with Gasteiger partial charge >= 0.3 is 0 Å². The molecule has 2 N–H and O–H groups in total. The molecule has 2 aromatic carbocycles. The number of hydrogen-bond acceptors (Lipinski definition) is 3. The molecule has 0 fully saturated rings. The van der Waals surface area contributed by atoms with Crippen LogP contribution in [0.4, 0.5) is 0 Å². The first-order valence-electron chi connectivity index (χ1n) is 9.08. The molecule has 0 aliphatic heterocycles. The smallest absolute Gasteiger partial charge is 0.193 e. The number of aliphatic hydroxyl groups is 1. The Hall–Kier alpha value is -2.53. The topological polar surface area (TPSA) is 57.1 Å². The second-order valence-electron chi connectivity index (χ2n) is 6.12. The third-order valence-corrected chi connectivity index (χ3v) is 3.90. The van der Waals surface area contributed by atoms with Crippen molar-refractivity contribution in [3.63, 3.8) is 0 Å². The zero-order chi connectivity index (χ0) is 18.6. The summed E-state index contributed by atoms with van der Waals surface area (Å²) in [5, 5.41) is 13.5.